The molecule has 0 nitrogen and oxygen atoms in total. The third-order valence-corrected chi connectivity index (χ3v) is 1.23. The van der Waals surface area contributed by atoms with E-state index >= 15 is 0 Å². The first-order valence-electron chi connectivity index (χ1n) is 3.39. The van der Waals surface area contributed by atoms with E-state index in [0.29, 0.717) is 0 Å². The molecule has 0 unspecified atom stereocenters. The van der Waals surface area contributed by atoms with E-state index in [-0.39, 0.29) is 6.42 Å². The molecule has 0 aromatic carbocycles. The smallest absolute Gasteiger partial charge is 0.248 e. The summed E-state index contributed by atoms with van der Waals surface area (Å²) in [5.41, 5.74) is 0. The number of hydrogen-bond acceptors (Lipinski definition) is 0. The fourth-order valence-electron chi connectivity index (χ4n) is 0.739. The number of hydrogen-bond donors (Lipinski definition) is 0. The van der Waals surface area contributed by atoms with Crippen molar-refractivity contribution in [3.63, 3.8) is 0 Å². The molecule has 0 aromatic heterocycles. The van der Waals surface area contributed by atoms with Gasteiger partial charge in [-0.15, -0.1) is 0 Å². The van der Waals surface area contributed by atoms with Crippen LogP contribution in [0, 0.1) is 6.92 Å². The molecule has 67 valence electrons. The summed E-state index contributed by atoms with van der Waals surface area (Å²) in [6.07, 6.45) is -3.52. The zero-order valence-electron chi connectivity index (χ0n) is 6.12. The van der Waals surface area contributed by atoms with Crippen molar-refractivity contribution in [2.24, 2.45) is 0 Å². The van der Waals surface area contributed by atoms with Gasteiger partial charge in [-0.05, 0) is 6.42 Å². The van der Waals surface area contributed by atoms with E-state index in [2.05, 4.69) is 6.92 Å². The quantitative estimate of drug-likeness (QED) is 0.558. The van der Waals surface area contributed by atoms with Crippen LogP contribution in [0.5, 0.6) is 0 Å². The Morgan fingerprint density at radius 3 is 2.27 bits per heavy atom. The highest BCUT2D eigenvalue weighted by Gasteiger charge is 2.31. The van der Waals surface area contributed by atoms with E-state index in [1.807, 2.05) is 0 Å². The first-order chi connectivity index (χ1) is 5.02. The van der Waals surface area contributed by atoms with Gasteiger partial charge in [0.05, 0.1) is 0 Å². The molecule has 4 heteroatoms. The fourth-order valence-corrected chi connectivity index (χ4v) is 0.739. The Kier molecular flexibility index (Phi) is 4.45. The van der Waals surface area contributed by atoms with Gasteiger partial charge in [0.25, 0.3) is 5.92 Å². The van der Waals surface area contributed by atoms with Crippen LogP contribution in [0.2, 0.25) is 0 Å². The predicted molar refractivity (Wildman–Crippen MR) is 35.0 cm³/mol. The third-order valence-electron chi connectivity index (χ3n) is 1.23. The van der Waals surface area contributed by atoms with Crippen molar-refractivity contribution in [1.29, 1.82) is 0 Å². The Morgan fingerprint density at radius 2 is 1.91 bits per heavy atom. The van der Waals surface area contributed by atoms with E-state index in [1.54, 1.807) is 0 Å². The standard InChI is InChI=1S/C7H11F4/c1-2-3-7(10,11)4-6(9)5-8/h6H,1-5H2/t6-/m0/s1. The van der Waals surface area contributed by atoms with Crippen LogP contribution in [0.15, 0.2) is 0 Å². The van der Waals surface area contributed by atoms with Crippen LogP contribution in [0.1, 0.15) is 19.3 Å². The Morgan fingerprint density at radius 1 is 1.36 bits per heavy atom. The second-order valence-electron chi connectivity index (χ2n) is 2.42. The molecule has 0 amide bonds. The van der Waals surface area contributed by atoms with Gasteiger partial charge in [-0.2, -0.15) is 0 Å². The number of rotatable bonds is 5. The van der Waals surface area contributed by atoms with Gasteiger partial charge >= 0.3 is 0 Å². The molecule has 0 aliphatic carbocycles. The van der Waals surface area contributed by atoms with Crippen LogP contribution in [0.3, 0.4) is 0 Å². The minimum Gasteiger partial charge on any atom is -0.248 e. The molecule has 0 aliphatic heterocycles. The molecular weight excluding hydrogens is 160 g/mol. The fraction of sp³-hybridized carbons (Fsp3) is 0.857. The van der Waals surface area contributed by atoms with E-state index in [9.17, 15) is 17.6 Å². The van der Waals surface area contributed by atoms with Crippen LogP contribution in [0.25, 0.3) is 0 Å². The van der Waals surface area contributed by atoms with Crippen molar-refractivity contribution >= 4 is 0 Å². The number of halogens is 4. The third kappa shape index (κ3) is 5.04. The molecule has 0 spiro atoms. The summed E-state index contributed by atoms with van der Waals surface area (Å²) in [6.45, 7) is 1.87. The molecule has 0 rings (SSSR count). The lowest BCUT2D eigenvalue weighted by atomic mass is 10.1. The molecule has 0 aromatic rings. The van der Waals surface area contributed by atoms with Gasteiger partial charge in [-0.25, -0.2) is 17.6 Å². The minimum atomic E-state index is -3.10. The molecular formula is C7H11F4. The van der Waals surface area contributed by atoms with Gasteiger partial charge in [0.1, 0.15) is 12.8 Å². The van der Waals surface area contributed by atoms with Crippen molar-refractivity contribution in [3.8, 4) is 0 Å². The zero-order valence-corrected chi connectivity index (χ0v) is 6.12. The highest BCUT2D eigenvalue weighted by molar-refractivity contribution is 4.71. The number of alkyl halides is 4. The zero-order chi connectivity index (χ0) is 8.91. The molecule has 1 atom stereocenters. The molecule has 11 heavy (non-hydrogen) atoms. The van der Waals surface area contributed by atoms with E-state index < -0.39 is 31.6 Å². The predicted octanol–water partition coefficient (Wildman–Crippen LogP) is 2.93. The Bertz CT molecular complexity index is 103. The molecule has 1 radical (unpaired) electrons. The molecule has 0 bridgehead atoms. The normalized spacial score (nSPS) is 15.0. The van der Waals surface area contributed by atoms with Crippen LogP contribution in [-0.2, 0) is 0 Å². The van der Waals surface area contributed by atoms with Crippen LogP contribution in [0.4, 0.5) is 17.6 Å². The summed E-state index contributed by atoms with van der Waals surface area (Å²) in [4.78, 5) is 0. The summed E-state index contributed by atoms with van der Waals surface area (Å²) < 4.78 is 48.3. The van der Waals surface area contributed by atoms with Crippen molar-refractivity contribution < 1.29 is 17.6 Å². The summed E-state index contributed by atoms with van der Waals surface area (Å²) >= 11 is 0. The summed E-state index contributed by atoms with van der Waals surface area (Å²) in [6, 6.07) is 0. The Hall–Kier alpha value is -0.280. The lowest BCUT2D eigenvalue weighted by Crippen LogP contribution is -2.22. The maximum absolute atomic E-state index is 12.4. The summed E-state index contributed by atoms with van der Waals surface area (Å²) in [7, 11) is 0. The highest BCUT2D eigenvalue weighted by atomic mass is 19.3. The average Bonchev–Trinajstić information content (AvgIpc) is 1.86. The van der Waals surface area contributed by atoms with Gasteiger partial charge in [0.15, 0.2) is 0 Å². The van der Waals surface area contributed by atoms with Gasteiger partial charge in [0.2, 0.25) is 0 Å². The van der Waals surface area contributed by atoms with Gasteiger partial charge in [0, 0.05) is 12.8 Å². The lowest BCUT2D eigenvalue weighted by molar-refractivity contribution is -0.0378. The molecule has 0 aliphatic rings. The van der Waals surface area contributed by atoms with E-state index in [4.69, 9.17) is 0 Å². The van der Waals surface area contributed by atoms with Gasteiger partial charge in [-0.1, -0.05) is 6.92 Å². The SMILES string of the molecule is [CH2]CCC(F)(F)C[C@H](F)CF. The van der Waals surface area contributed by atoms with Gasteiger partial charge in [-0.3, -0.25) is 0 Å². The van der Waals surface area contributed by atoms with Crippen molar-refractivity contribution in [2.75, 3.05) is 6.67 Å². The molecule has 0 N–H and O–H groups in total. The molecule has 0 saturated carbocycles. The molecule has 0 saturated heterocycles. The summed E-state index contributed by atoms with van der Waals surface area (Å²) in [5, 5.41) is 0. The van der Waals surface area contributed by atoms with Crippen LogP contribution >= 0.6 is 0 Å². The van der Waals surface area contributed by atoms with Crippen molar-refractivity contribution in [2.45, 2.75) is 31.4 Å². The second-order valence-corrected chi connectivity index (χ2v) is 2.42. The highest BCUT2D eigenvalue weighted by Crippen LogP contribution is 2.26. The van der Waals surface area contributed by atoms with E-state index in [1.165, 1.54) is 0 Å². The van der Waals surface area contributed by atoms with Gasteiger partial charge < -0.3 is 0 Å². The summed E-state index contributed by atoms with van der Waals surface area (Å²) in [5.74, 6) is -3.10. The molecule has 0 fully saturated rings. The van der Waals surface area contributed by atoms with E-state index in [0.717, 1.165) is 0 Å². The largest absolute Gasteiger partial charge is 0.251 e. The van der Waals surface area contributed by atoms with Crippen molar-refractivity contribution in [1.82, 2.24) is 0 Å². The molecule has 0 heterocycles. The minimum absolute atomic E-state index is 0.0337. The monoisotopic (exact) mass is 171 g/mol. The van der Waals surface area contributed by atoms with Crippen molar-refractivity contribution in [3.05, 3.63) is 6.92 Å². The van der Waals surface area contributed by atoms with Crippen LogP contribution < -0.4 is 0 Å². The topological polar surface area (TPSA) is 0 Å². The Balaban J connectivity index is 3.70. The first-order valence-corrected chi connectivity index (χ1v) is 3.39. The Labute approximate surface area is 63.6 Å². The lowest BCUT2D eigenvalue weighted by Gasteiger charge is -2.15. The average molecular weight is 171 g/mol. The second kappa shape index (κ2) is 4.57. The first kappa shape index (κ1) is 10.7. The maximum atomic E-state index is 12.4. The van der Waals surface area contributed by atoms with Crippen LogP contribution in [-0.4, -0.2) is 18.8 Å². The maximum Gasteiger partial charge on any atom is 0.251 e.